The summed E-state index contributed by atoms with van der Waals surface area (Å²) in [5.74, 6) is 0.771. The minimum atomic E-state index is -0.961. The third-order valence-electron chi connectivity index (χ3n) is 4.53. The molecule has 0 heterocycles. The first-order valence-electron chi connectivity index (χ1n) is 8.61. The number of ether oxygens (including phenoxy) is 2. The molecule has 25 heavy (non-hydrogen) atoms. The maximum Gasteiger partial charge on any atom is 0.170 e. The van der Waals surface area contributed by atoms with Crippen LogP contribution in [0.1, 0.15) is 24.0 Å². The Kier molecular flexibility index (Phi) is 5.72. The lowest BCUT2D eigenvalue weighted by atomic mass is 9.70. The van der Waals surface area contributed by atoms with Crippen molar-refractivity contribution in [1.82, 2.24) is 0 Å². The second-order valence-electron chi connectivity index (χ2n) is 6.59. The van der Waals surface area contributed by atoms with Gasteiger partial charge in [0.05, 0.1) is 13.2 Å². The number of rotatable bonds is 8. The summed E-state index contributed by atoms with van der Waals surface area (Å²) >= 11 is 0. The largest absolute Gasteiger partial charge is 0.482 e. The van der Waals surface area contributed by atoms with Crippen molar-refractivity contribution in [3.63, 3.8) is 0 Å². The van der Waals surface area contributed by atoms with Gasteiger partial charge in [-0.2, -0.15) is 0 Å². The third kappa shape index (κ3) is 4.61. The first-order chi connectivity index (χ1) is 12.2. The monoisotopic (exact) mass is 336 g/mol. The van der Waals surface area contributed by atoms with Gasteiger partial charge in [-0.25, -0.2) is 0 Å². The van der Waals surface area contributed by atoms with Gasteiger partial charge in [0.25, 0.3) is 0 Å². The maximum absolute atomic E-state index is 10.7. The van der Waals surface area contributed by atoms with Gasteiger partial charge >= 0.3 is 0 Å². The summed E-state index contributed by atoms with van der Waals surface area (Å²) in [7, 11) is 0. The average molecular weight is 336 g/mol. The molecule has 130 valence electrons. The van der Waals surface area contributed by atoms with Crippen LogP contribution in [0.3, 0.4) is 0 Å². The minimum absolute atomic E-state index is 0.331. The van der Waals surface area contributed by atoms with E-state index in [1.54, 1.807) is 0 Å². The summed E-state index contributed by atoms with van der Waals surface area (Å²) in [6, 6.07) is 20.0. The van der Waals surface area contributed by atoms with E-state index in [4.69, 9.17) is 9.47 Å². The van der Waals surface area contributed by atoms with Gasteiger partial charge in [-0.15, -0.1) is 0 Å². The van der Waals surface area contributed by atoms with Crippen molar-refractivity contribution in [1.29, 1.82) is 0 Å². The zero-order chi connectivity index (χ0) is 17.5. The minimum Gasteiger partial charge on any atom is -0.482 e. The lowest BCUT2D eigenvalue weighted by Gasteiger charge is -2.43. The number of benzene rings is 2. The molecule has 0 radical (unpaired) electrons. The summed E-state index contributed by atoms with van der Waals surface area (Å²) in [4.78, 5) is 0. The molecule has 1 aliphatic rings. The summed E-state index contributed by atoms with van der Waals surface area (Å²) in [5.41, 5.74) is 4.03. The summed E-state index contributed by atoms with van der Waals surface area (Å²) in [6.45, 7) is 5.32. The van der Waals surface area contributed by atoms with Gasteiger partial charge in [0, 0.05) is 0 Å². The molecule has 0 spiro atoms. The highest BCUT2D eigenvalue weighted by Crippen LogP contribution is 2.43. The highest BCUT2D eigenvalue weighted by atomic mass is 16.5. The molecule has 3 rings (SSSR count). The second-order valence-corrected chi connectivity index (χ2v) is 6.59. The van der Waals surface area contributed by atoms with Crippen molar-refractivity contribution in [2.24, 2.45) is 5.92 Å². The lowest BCUT2D eigenvalue weighted by molar-refractivity contribution is -0.104. The van der Waals surface area contributed by atoms with Gasteiger partial charge in [-0.1, -0.05) is 73.0 Å². The van der Waals surface area contributed by atoms with E-state index in [1.165, 1.54) is 0 Å². The van der Waals surface area contributed by atoms with Crippen molar-refractivity contribution in [3.8, 4) is 0 Å². The highest BCUT2D eigenvalue weighted by Gasteiger charge is 2.47. The third-order valence-corrected chi connectivity index (χ3v) is 4.53. The van der Waals surface area contributed by atoms with Crippen LogP contribution in [0.4, 0.5) is 0 Å². The number of aliphatic hydroxyl groups is 1. The lowest BCUT2D eigenvalue weighted by Crippen LogP contribution is -2.47. The van der Waals surface area contributed by atoms with Crippen LogP contribution in [0.2, 0.25) is 0 Å². The van der Waals surface area contributed by atoms with Gasteiger partial charge in [0.2, 0.25) is 0 Å². The molecule has 0 aromatic heterocycles. The first kappa shape index (κ1) is 17.5. The van der Waals surface area contributed by atoms with Gasteiger partial charge in [0.1, 0.15) is 12.2 Å². The Bertz CT molecular complexity index is 711. The van der Waals surface area contributed by atoms with Crippen LogP contribution in [-0.4, -0.2) is 17.3 Å². The predicted octanol–water partition coefficient (Wildman–Crippen LogP) is 4.23. The Labute approximate surface area is 149 Å². The van der Waals surface area contributed by atoms with Gasteiger partial charge < -0.3 is 14.6 Å². The zero-order valence-electron chi connectivity index (χ0n) is 14.4. The molecular formula is C22H24O3. The molecule has 1 saturated carbocycles. The Morgan fingerprint density at radius 2 is 1.56 bits per heavy atom. The van der Waals surface area contributed by atoms with E-state index in [-0.39, 0.29) is 0 Å². The van der Waals surface area contributed by atoms with Gasteiger partial charge in [-0.05, 0) is 29.9 Å². The van der Waals surface area contributed by atoms with E-state index >= 15 is 0 Å². The molecule has 2 aromatic rings. The SMILES string of the molecule is C=C=C(OCc1ccccc1)C1(O)CC(COCc2ccccc2)C1. The van der Waals surface area contributed by atoms with E-state index in [2.05, 4.69) is 12.3 Å². The summed E-state index contributed by atoms with van der Waals surface area (Å²) in [5, 5.41) is 10.7. The molecule has 3 heteroatoms. The topological polar surface area (TPSA) is 38.7 Å². The van der Waals surface area contributed by atoms with Crippen molar-refractivity contribution in [3.05, 3.63) is 89.9 Å². The molecule has 1 fully saturated rings. The normalized spacial score (nSPS) is 21.9. The fourth-order valence-electron chi connectivity index (χ4n) is 3.20. The van der Waals surface area contributed by atoms with Crippen molar-refractivity contribution >= 4 is 0 Å². The van der Waals surface area contributed by atoms with Crippen molar-refractivity contribution in [2.75, 3.05) is 6.61 Å². The molecule has 1 N–H and O–H groups in total. The van der Waals surface area contributed by atoms with Crippen LogP contribution in [-0.2, 0) is 22.7 Å². The van der Waals surface area contributed by atoms with Crippen LogP contribution in [0, 0.1) is 5.92 Å². The van der Waals surface area contributed by atoms with Gasteiger partial charge in [-0.3, -0.25) is 0 Å². The molecule has 0 amide bonds. The van der Waals surface area contributed by atoms with E-state index < -0.39 is 5.60 Å². The van der Waals surface area contributed by atoms with Crippen LogP contribution in [0.25, 0.3) is 0 Å². The molecule has 0 unspecified atom stereocenters. The number of hydrogen-bond acceptors (Lipinski definition) is 3. The quantitative estimate of drug-likeness (QED) is 0.579. The molecule has 3 nitrogen and oxygen atoms in total. The van der Waals surface area contributed by atoms with Gasteiger partial charge in [0.15, 0.2) is 5.76 Å². The molecule has 0 bridgehead atoms. The molecular weight excluding hydrogens is 312 g/mol. The predicted molar refractivity (Wildman–Crippen MR) is 97.7 cm³/mol. The maximum atomic E-state index is 10.7. The summed E-state index contributed by atoms with van der Waals surface area (Å²) < 4.78 is 11.5. The molecule has 1 aliphatic carbocycles. The van der Waals surface area contributed by atoms with Crippen LogP contribution < -0.4 is 0 Å². The molecule has 0 aliphatic heterocycles. The second kappa shape index (κ2) is 8.17. The Morgan fingerprint density at radius 1 is 1.00 bits per heavy atom. The smallest absolute Gasteiger partial charge is 0.170 e. The molecule has 0 atom stereocenters. The zero-order valence-corrected chi connectivity index (χ0v) is 14.4. The van der Waals surface area contributed by atoms with Crippen LogP contribution in [0.5, 0.6) is 0 Å². The van der Waals surface area contributed by atoms with E-state index in [9.17, 15) is 5.11 Å². The van der Waals surface area contributed by atoms with Crippen LogP contribution in [0.15, 0.2) is 78.7 Å². The van der Waals surface area contributed by atoms with Crippen molar-refractivity contribution < 1.29 is 14.6 Å². The molecule has 0 saturated heterocycles. The fraction of sp³-hybridized carbons (Fsp3) is 0.318. The first-order valence-corrected chi connectivity index (χ1v) is 8.61. The average Bonchev–Trinajstić information content (AvgIpc) is 2.62. The van der Waals surface area contributed by atoms with E-state index in [0.717, 1.165) is 11.1 Å². The highest BCUT2D eigenvalue weighted by molar-refractivity contribution is 5.18. The number of hydrogen-bond donors (Lipinski definition) is 1. The fourth-order valence-corrected chi connectivity index (χ4v) is 3.20. The Hall–Kier alpha value is -2.32. The standard InChI is InChI=1S/C22H24O3/c1-2-21(25-17-19-11-7-4-8-12-19)22(23)13-20(14-22)16-24-15-18-9-5-3-6-10-18/h3-12,20,23H,1,13-17H2. The van der Waals surface area contributed by atoms with Crippen LogP contribution >= 0.6 is 0 Å². The summed E-state index contributed by atoms with van der Waals surface area (Å²) in [6.07, 6.45) is 1.24. The van der Waals surface area contributed by atoms with E-state index in [1.807, 2.05) is 60.7 Å². The Morgan fingerprint density at radius 3 is 2.12 bits per heavy atom. The van der Waals surface area contributed by atoms with E-state index in [0.29, 0.717) is 44.3 Å². The molecule has 2 aromatic carbocycles. The Balaban J connectivity index is 1.43. The van der Waals surface area contributed by atoms with Crippen molar-refractivity contribution in [2.45, 2.75) is 31.7 Å².